The third-order valence-corrected chi connectivity index (χ3v) is 1.61. The second-order valence-corrected chi connectivity index (χ2v) is 2.60. The van der Waals surface area contributed by atoms with Gasteiger partial charge >= 0.3 is 0 Å². The van der Waals surface area contributed by atoms with Gasteiger partial charge in [0, 0.05) is 5.56 Å². The highest BCUT2D eigenvalue weighted by molar-refractivity contribution is 6.42. The van der Waals surface area contributed by atoms with Gasteiger partial charge in [-0.15, -0.1) is 0 Å². The minimum atomic E-state index is 0.0324. The average molecular weight is 186 g/mol. The number of nitrogens with zero attached hydrogens (tertiary/aromatic N) is 1. The summed E-state index contributed by atoms with van der Waals surface area (Å²) in [6.45, 7) is 0. The van der Waals surface area contributed by atoms with Crippen LogP contribution in [0, 0.1) is 0 Å². The molecular weight excluding hydrogens is 184 g/mol. The number of rotatable bonds is 1. The van der Waals surface area contributed by atoms with E-state index in [1.807, 2.05) is 0 Å². The molecule has 1 aromatic rings. The summed E-state index contributed by atoms with van der Waals surface area (Å²) in [4.78, 5) is 13.9. The van der Waals surface area contributed by atoms with Gasteiger partial charge in [-0.25, -0.2) is 4.98 Å². The molecule has 0 aliphatic carbocycles. The smallest absolute Gasteiger partial charge is 0.152 e. The van der Waals surface area contributed by atoms with Crippen LogP contribution in [0.4, 0.5) is 0 Å². The summed E-state index contributed by atoms with van der Waals surface area (Å²) in [7, 11) is 5.39. The molecule has 0 spiro atoms. The molecule has 11 heavy (non-hydrogen) atoms. The number of aldehydes is 1. The number of hydrogen-bond acceptors (Lipinski definition) is 2. The lowest BCUT2D eigenvalue weighted by Gasteiger charge is -2.00. The maximum absolute atomic E-state index is 10.3. The van der Waals surface area contributed by atoms with Crippen LogP contribution < -0.4 is 5.46 Å². The van der Waals surface area contributed by atoms with E-state index in [1.54, 1.807) is 0 Å². The summed E-state index contributed by atoms with van der Waals surface area (Å²) in [6.07, 6.45) is 0.543. The third-order valence-electron chi connectivity index (χ3n) is 1.13. The van der Waals surface area contributed by atoms with E-state index in [2.05, 4.69) is 4.98 Å². The monoisotopic (exact) mass is 185 g/mol. The first-order valence-electron chi connectivity index (χ1n) is 2.72. The van der Waals surface area contributed by atoms with Crippen molar-refractivity contribution in [2.75, 3.05) is 0 Å². The molecule has 0 atom stereocenters. The molecule has 1 aromatic heterocycles. The minimum absolute atomic E-state index is 0.0324. The summed E-state index contributed by atoms with van der Waals surface area (Å²) in [5.41, 5.74) is 0.418. The molecule has 1 heterocycles. The highest BCUT2D eigenvalue weighted by atomic mass is 35.5. The number of carbonyl (C=O) groups excluding carboxylic acids is 1. The molecule has 1 rings (SSSR count). The van der Waals surface area contributed by atoms with E-state index in [4.69, 9.17) is 31.0 Å². The lowest BCUT2D eigenvalue weighted by molar-refractivity contribution is 0.112. The van der Waals surface area contributed by atoms with Crippen LogP contribution in [0.2, 0.25) is 10.3 Å². The molecule has 0 unspecified atom stereocenters. The van der Waals surface area contributed by atoms with Crippen LogP contribution in [0.3, 0.4) is 0 Å². The van der Waals surface area contributed by atoms with E-state index in [1.165, 1.54) is 6.07 Å². The Bertz CT molecular complexity index is 280. The van der Waals surface area contributed by atoms with Crippen molar-refractivity contribution in [3.05, 3.63) is 21.9 Å². The standard InChI is InChI=1S/C6H2BCl2NO/c7-4-1-5(8)10-6(9)3(4)2-11/h1-2H. The molecule has 0 saturated heterocycles. The topological polar surface area (TPSA) is 30.0 Å². The highest BCUT2D eigenvalue weighted by Gasteiger charge is 2.04. The molecule has 0 aliphatic heterocycles. The van der Waals surface area contributed by atoms with Crippen molar-refractivity contribution in [3.8, 4) is 0 Å². The van der Waals surface area contributed by atoms with Crippen molar-refractivity contribution in [3.63, 3.8) is 0 Å². The van der Waals surface area contributed by atoms with Crippen molar-refractivity contribution in [1.29, 1.82) is 0 Å². The molecule has 54 valence electrons. The largest absolute Gasteiger partial charge is 0.298 e. The Balaban J connectivity index is 3.36. The first-order valence-corrected chi connectivity index (χ1v) is 3.47. The Morgan fingerprint density at radius 3 is 2.64 bits per heavy atom. The summed E-state index contributed by atoms with van der Waals surface area (Å²) in [5, 5.41) is 0.211. The van der Waals surface area contributed by atoms with Gasteiger partial charge in [-0.2, -0.15) is 0 Å². The van der Waals surface area contributed by atoms with Gasteiger partial charge in [-0.05, 0) is 6.07 Å². The summed E-state index contributed by atoms with van der Waals surface area (Å²) in [5.74, 6) is 0. The summed E-state index contributed by atoms with van der Waals surface area (Å²) < 4.78 is 0. The lowest BCUT2D eigenvalue weighted by Crippen LogP contribution is -2.11. The SMILES string of the molecule is [B]c1cc(Cl)nc(Cl)c1C=O. The van der Waals surface area contributed by atoms with E-state index in [-0.39, 0.29) is 21.3 Å². The molecule has 0 aromatic carbocycles. The van der Waals surface area contributed by atoms with Crippen LogP contribution in [-0.2, 0) is 0 Å². The number of aromatic nitrogens is 1. The molecule has 0 fully saturated rings. The molecule has 0 saturated carbocycles. The Hall–Kier alpha value is -0.535. The van der Waals surface area contributed by atoms with E-state index in [9.17, 15) is 4.79 Å². The van der Waals surface area contributed by atoms with Crippen LogP contribution in [0.15, 0.2) is 6.07 Å². The molecule has 5 heteroatoms. The van der Waals surface area contributed by atoms with E-state index in [0.717, 1.165) is 0 Å². The molecule has 0 bridgehead atoms. The van der Waals surface area contributed by atoms with Crippen molar-refractivity contribution in [1.82, 2.24) is 4.98 Å². The summed E-state index contributed by atoms with van der Waals surface area (Å²) >= 11 is 11.0. The van der Waals surface area contributed by atoms with Crippen molar-refractivity contribution >= 4 is 42.8 Å². The first-order chi connectivity index (χ1) is 5.15. The molecule has 0 N–H and O–H groups in total. The van der Waals surface area contributed by atoms with Crippen molar-refractivity contribution < 1.29 is 4.79 Å². The predicted octanol–water partition coefficient (Wildman–Crippen LogP) is 0.995. The molecule has 2 radical (unpaired) electrons. The number of pyridine rings is 1. The fourth-order valence-corrected chi connectivity index (χ4v) is 1.12. The van der Waals surface area contributed by atoms with E-state index >= 15 is 0 Å². The Morgan fingerprint density at radius 2 is 2.18 bits per heavy atom. The normalized spacial score (nSPS) is 9.64. The highest BCUT2D eigenvalue weighted by Crippen LogP contribution is 2.11. The number of halogens is 2. The fraction of sp³-hybridized carbons (Fsp3) is 0. The van der Waals surface area contributed by atoms with Crippen molar-refractivity contribution in [2.45, 2.75) is 0 Å². The first kappa shape index (κ1) is 8.56. The quantitative estimate of drug-likeness (QED) is 0.371. The average Bonchev–Trinajstić information content (AvgIpc) is 1.85. The third kappa shape index (κ3) is 1.73. The van der Waals surface area contributed by atoms with Gasteiger partial charge in [0.2, 0.25) is 0 Å². The van der Waals surface area contributed by atoms with Crippen LogP contribution in [-0.4, -0.2) is 19.1 Å². The number of carbonyl (C=O) groups is 1. The Labute approximate surface area is 74.9 Å². The van der Waals surface area contributed by atoms with Crippen LogP contribution in [0.5, 0.6) is 0 Å². The van der Waals surface area contributed by atoms with E-state index in [0.29, 0.717) is 6.29 Å². The molecule has 0 amide bonds. The predicted molar refractivity (Wildman–Crippen MR) is 45.0 cm³/mol. The van der Waals surface area contributed by atoms with Crippen LogP contribution >= 0.6 is 23.2 Å². The van der Waals surface area contributed by atoms with Gasteiger partial charge in [-0.1, -0.05) is 28.7 Å². The Kier molecular flexibility index (Phi) is 2.52. The Morgan fingerprint density at radius 1 is 1.55 bits per heavy atom. The van der Waals surface area contributed by atoms with Gasteiger partial charge in [0.15, 0.2) is 6.29 Å². The zero-order valence-electron chi connectivity index (χ0n) is 5.34. The van der Waals surface area contributed by atoms with Crippen LogP contribution in [0.25, 0.3) is 0 Å². The van der Waals surface area contributed by atoms with Gasteiger partial charge in [-0.3, -0.25) is 4.79 Å². The molecule has 0 aliphatic rings. The van der Waals surface area contributed by atoms with Gasteiger partial charge in [0.25, 0.3) is 0 Å². The lowest BCUT2D eigenvalue weighted by atomic mass is 9.93. The minimum Gasteiger partial charge on any atom is -0.298 e. The van der Waals surface area contributed by atoms with Gasteiger partial charge < -0.3 is 0 Å². The van der Waals surface area contributed by atoms with Crippen molar-refractivity contribution in [2.24, 2.45) is 0 Å². The maximum Gasteiger partial charge on any atom is 0.152 e. The number of hydrogen-bond donors (Lipinski definition) is 0. The zero-order valence-corrected chi connectivity index (χ0v) is 6.86. The maximum atomic E-state index is 10.3. The second-order valence-electron chi connectivity index (χ2n) is 1.86. The summed E-state index contributed by atoms with van der Waals surface area (Å²) in [6, 6.07) is 1.37. The fourth-order valence-electron chi connectivity index (χ4n) is 0.628. The zero-order chi connectivity index (χ0) is 8.43. The van der Waals surface area contributed by atoms with E-state index < -0.39 is 0 Å². The second kappa shape index (κ2) is 3.24. The molecule has 2 nitrogen and oxygen atoms in total. The molecular formula is C6H2BCl2NO. The van der Waals surface area contributed by atoms with Gasteiger partial charge in [0.05, 0.1) is 0 Å². The van der Waals surface area contributed by atoms with Crippen LogP contribution in [0.1, 0.15) is 10.4 Å². The van der Waals surface area contributed by atoms with Gasteiger partial charge in [0.1, 0.15) is 18.2 Å².